The fourth-order valence-corrected chi connectivity index (χ4v) is 7.28. The van der Waals surface area contributed by atoms with Crippen LogP contribution in [0.2, 0.25) is 0 Å². The van der Waals surface area contributed by atoms with Gasteiger partial charge in [-0.15, -0.1) is 0 Å². The number of furan rings is 1. The summed E-state index contributed by atoms with van der Waals surface area (Å²) in [5.74, 6) is 0.630. The maximum atomic E-state index is 6.30. The lowest BCUT2D eigenvalue weighted by Gasteiger charge is -2.12. The van der Waals surface area contributed by atoms with Gasteiger partial charge in [-0.2, -0.15) is 4.98 Å². The molecule has 50 heavy (non-hydrogen) atoms. The van der Waals surface area contributed by atoms with Crippen molar-refractivity contribution < 1.29 is 4.42 Å². The Morgan fingerprint density at radius 1 is 0.400 bits per heavy atom. The molecule has 0 unspecified atom stereocenters. The summed E-state index contributed by atoms with van der Waals surface area (Å²) in [7, 11) is 0. The van der Waals surface area contributed by atoms with E-state index in [0.29, 0.717) is 11.5 Å². The maximum absolute atomic E-state index is 6.30. The van der Waals surface area contributed by atoms with Crippen molar-refractivity contribution in [1.29, 1.82) is 0 Å². The predicted molar refractivity (Wildman–Crippen MR) is 205 cm³/mol. The van der Waals surface area contributed by atoms with Gasteiger partial charge in [0.25, 0.3) is 0 Å². The maximum Gasteiger partial charge on any atom is 0.231 e. The molecule has 0 N–H and O–H groups in total. The largest absolute Gasteiger partial charge is 0.438 e. The molecule has 234 valence electrons. The summed E-state index contributed by atoms with van der Waals surface area (Å²) in [4.78, 5) is 10.2. The van der Waals surface area contributed by atoms with Crippen molar-refractivity contribution in [3.8, 4) is 50.6 Å². The third-order valence-corrected chi connectivity index (χ3v) is 9.62. The van der Waals surface area contributed by atoms with Crippen molar-refractivity contribution in [2.24, 2.45) is 0 Å². The second kappa shape index (κ2) is 11.4. The Morgan fingerprint density at radius 2 is 1.02 bits per heavy atom. The zero-order chi connectivity index (χ0) is 33.0. The molecule has 0 aliphatic heterocycles. The van der Waals surface area contributed by atoms with E-state index in [-0.39, 0.29) is 0 Å². The van der Waals surface area contributed by atoms with Crippen molar-refractivity contribution >= 4 is 43.9 Å². The molecule has 3 heterocycles. The molecule has 0 atom stereocenters. The van der Waals surface area contributed by atoms with Gasteiger partial charge in [-0.1, -0.05) is 133 Å². The van der Waals surface area contributed by atoms with Crippen LogP contribution < -0.4 is 0 Å². The molecule has 0 saturated carbocycles. The lowest BCUT2D eigenvalue weighted by atomic mass is 10.0. The number of hydrogen-bond acceptors (Lipinski definition) is 3. The van der Waals surface area contributed by atoms with Gasteiger partial charge in [0, 0.05) is 33.0 Å². The minimum absolute atomic E-state index is 0.587. The Bertz CT molecular complexity index is 2870. The molecule has 3 aromatic heterocycles. The van der Waals surface area contributed by atoms with Crippen molar-refractivity contribution in [3.63, 3.8) is 0 Å². The highest BCUT2D eigenvalue weighted by molar-refractivity contribution is 6.11. The van der Waals surface area contributed by atoms with E-state index in [1.807, 2.05) is 36.4 Å². The van der Waals surface area contributed by atoms with Crippen molar-refractivity contribution in [2.75, 3.05) is 0 Å². The first-order valence-corrected chi connectivity index (χ1v) is 16.8. The van der Waals surface area contributed by atoms with Crippen LogP contribution in [0.5, 0.6) is 0 Å². The summed E-state index contributed by atoms with van der Waals surface area (Å²) in [5.41, 5.74) is 12.3. The van der Waals surface area contributed by atoms with Crippen LogP contribution >= 0.6 is 0 Å². The van der Waals surface area contributed by atoms with Gasteiger partial charge in [-0.05, 0) is 64.7 Å². The van der Waals surface area contributed by atoms with Gasteiger partial charge >= 0.3 is 0 Å². The van der Waals surface area contributed by atoms with E-state index in [4.69, 9.17) is 14.4 Å². The molecule has 7 aromatic carbocycles. The van der Waals surface area contributed by atoms with E-state index in [2.05, 4.69) is 144 Å². The van der Waals surface area contributed by atoms with Crippen molar-refractivity contribution in [1.82, 2.24) is 14.5 Å². The van der Waals surface area contributed by atoms with Crippen LogP contribution in [0.15, 0.2) is 180 Å². The molecule has 0 bridgehead atoms. The highest BCUT2D eigenvalue weighted by Gasteiger charge is 2.19. The van der Waals surface area contributed by atoms with Crippen LogP contribution in [0.3, 0.4) is 0 Å². The van der Waals surface area contributed by atoms with Crippen LogP contribution in [0.1, 0.15) is 0 Å². The van der Waals surface area contributed by atoms with Gasteiger partial charge in [0.1, 0.15) is 5.58 Å². The molecule has 0 aliphatic rings. The standard InChI is InChI=1S/C46H29N3O/c1-3-13-30(14-4-1)34-25-26-41-39(29-34)37-21-7-9-23-40(37)49(41)36-20-12-18-33(28-36)32-17-11-19-35(27-32)45-47-44(31-15-5-2-6-16-31)43-38-22-8-10-24-42(38)50-46(43)48-45/h1-29H. The topological polar surface area (TPSA) is 43.9 Å². The molecule has 0 spiro atoms. The molecule has 0 radical (unpaired) electrons. The normalized spacial score (nSPS) is 11.6. The number of aromatic nitrogens is 3. The fourth-order valence-electron chi connectivity index (χ4n) is 7.28. The smallest absolute Gasteiger partial charge is 0.231 e. The van der Waals surface area contributed by atoms with Gasteiger partial charge in [0.05, 0.1) is 22.1 Å². The molecule has 10 aromatic rings. The fraction of sp³-hybridized carbons (Fsp3) is 0. The summed E-state index contributed by atoms with van der Waals surface area (Å²) in [5, 5.41) is 4.42. The van der Waals surface area contributed by atoms with E-state index < -0.39 is 0 Å². The van der Waals surface area contributed by atoms with Crippen LogP contribution in [0.25, 0.3) is 94.5 Å². The van der Waals surface area contributed by atoms with Crippen LogP contribution in [-0.4, -0.2) is 14.5 Å². The molecule has 0 aliphatic carbocycles. The number of rotatable bonds is 5. The monoisotopic (exact) mass is 639 g/mol. The van der Waals surface area contributed by atoms with E-state index in [9.17, 15) is 0 Å². The summed E-state index contributed by atoms with van der Waals surface area (Å²) in [6.45, 7) is 0. The molecule has 10 rings (SSSR count). The SMILES string of the molecule is c1ccc(-c2ccc3c(c2)c2ccccc2n3-c2cccc(-c3cccc(-c4nc(-c5ccccc5)c5c(n4)oc4ccccc45)c3)c2)cc1. The van der Waals surface area contributed by atoms with Gasteiger partial charge in [-0.25, -0.2) is 4.98 Å². The average molecular weight is 640 g/mol. The van der Waals surface area contributed by atoms with Gasteiger partial charge in [0.15, 0.2) is 5.82 Å². The quantitative estimate of drug-likeness (QED) is 0.188. The predicted octanol–water partition coefficient (Wildman–Crippen LogP) is 12.1. The molecule has 0 saturated heterocycles. The Hall–Kier alpha value is -6.78. The van der Waals surface area contributed by atoms with E-state index in [0.717, 1.165) is 50.0 Å². The number of hydrogen-bond donors (Lipinski definition) is 0. The first-order valence-electron chi connectivity index (χ1n) is 16.8. The molecular formula is C46H29N3O. The van der Waals surface area contributed by atoms with E-state index in [1.54, 1.807) is 0 Å². The Labute approximate surface area is 288 Å². The lowest BCUT2D eigenvalue weighted by molar-refractivity contribution is 0.653. The Balaban J connectivity index is 1.10. The van der Waals surface area contributed by atoms with Gasteiger partial charge < -0.3 is 8.98 Å². The summed E-state index contributed by atoms with van der Waals surface area (Å²) >= 11 is 0. The molecule has 0 amide bonds. The first-order chi connectivity index (χ1) is 24.8. The van der Waals surface area contributed by atoms with Crippen molar-refractivity contribution in [2.45, 2.75) is 0 Å². The third-order valence-electron chi connectivity index (χ3n) is 9.62. The number of benzene rings is 7. The van der Waals surface area contributed by atoms with Crippen LogP contribution in [0.4, 0.5) is 0 Å². The second-order valence-electron chi connectivity index (χ2n) is 12.6. The minimum Gasteiger partial charge on any atom is -0.438 e. The minimum atomic E-state index is 0.587. The summed E-state index contributed by atoms with van der Waals surface area (Å²) in [6.07, 6.45) is 0. The zero-order valence-corrected chi connectivity index (χ0v) is 27.0. The van der Waals surface area contributed by atoms with E-state index >= 15 is 0 Å². The van der Waals surface area contributed by atoms with Crippen LogP contribution in [0, 0.1) is 0 Å². The summed E-state index contributed by atoms with van der Waals surface area (Å²) in [6, 6.07) is 61.6. The Kier molecular flexibility index (Phi) is 6.46. The number of para-hydroxylation sites is 2. The Morgan fingerprint density at radius 3 is 1.86 bits per heavy atom. The first kappa shape index (κ1) is 28.3. The second-order valence-corrected chi connectivity index (χ2v) is 12.6. The highest BCUT2D eigenvalue weighted by atomic mass is 16.3. The lowest BCUT2D eigenvalue weighted by Crippen LogP contribution is -1.95. The number of nitrogens with zero attached hydrogens (tertiary/aromatic N) is 3. The van der Waals surface area contributed by atoms with Gasteiger partial charge in [-0.3, -0.25) is 0 Å². The van der Waals surface area contributed by atoms with Gasteiger partial charge in [0.2, 0.25) is 5.71 Å². The molecular weight excluding hydrogens is 611 g/mol. The molecule has 4 nitrogen and oxygen atoms in total. The highest BCUT2D eigenvalue weighted by Crippen LogP contribution is 2.38. The molecule has 0 fully saturated rings. The zero-order valence-electron chi connectivity index (χ0n) is 27.0. The summed E-state index contributed by atoms with van der Waals surface area (Å²) < 4.78 is 8.67. The number of fused-ring (bicyclic) bond motifs is 6. The third kappa shape index (κ3) is 4.61. The van der Waals surface area contributed by atoms with Crippen molar-refractivity contribution in [3.05, 3.63) is 176 Å². The average Bonchev–Trinajstić information content (AvgIpc) is 3.74. The molecule has 4 heteroatoms. The van der Waals surface area contributed by atoms with Crippen LogP contribution in [-0.2, 0) is 0 Å². The van der Waals surface area contributed by atoms with E-state index in [1.165, 1.54) is 32.9 Å².